The maximum Gasteiger partial charge on any atom is 0.287 e. The molecule has 1 amide bonds. The van der Waals surface area contributed by atoms with Gasteiger partial charge in [0.1, 0.15) is 5.76 Å². The Morgan fingerprint density at radius 2 is 2.33 bits per heavy atom. The lowest BCUT2D eigenvalue weighted by atomic mass is 9.92. The first-order valence-electron chi connectivity index (χ1n) is 6.39. The topological polar surface area (TPSA) is 42.2 Å². The summed E-state index contributed by atoms with van der Waals surface area (Å²) >= 11 is 1.69. The molecule has 1 fully saturated rings. The van der Waals surface area contributed by atoms with Crippen LogP contribution in [0.3, 0.4) is 0 Å². The number of furan rings is 1. The Kier molecular flexibility index (Phi) is 4.05. The highest BCUT2D eigenvalue weighted by Crippen LogP contribution is 2.37. The Morgan fingerprint density at radius 3 is 2.94 bits per heavy atom. The highest BCUT2D eigenvalue weighted by atomic mass is 32.2. The van der Waals surface area contributed by atoms with E-state index in [2.05, 4.69) is 19.2 Å². The Bertz CT molecular complexity index is 425. The third-order valence-electron chi connectivity index (χ3n) is 3.48. The number of thioether (sulfide) groups is 1. The van der Waals surface area contributed by atoms with Gasteiger partial charge in [0.25, 0.3) is 5.91 Å². The molecule has 3 nitrogen and oxygen atoms in total. The third kappa shape index (κ3) is 3.31. The van der Waals surface area contributed by atoms with Gasteiger partial charge in [-0.15, -0.1) is 0 Å². The molecule has 1 unspecified atom stereocenters. The summed E-state index contributed by atoms with van der Waals surface area (Å²) in [6.07, 6.45) is 5.31. The van der Waals surface area contributed by atoms with Gasteiger partial charge in [-0.3, -0.25) is 4.79 Å². The minimum atomic E-state index is -0.0787. The van der Waals surface area contributed by atoms with Crippen molar-refractivity contribution in [1.82, 2.24) is 5.32 Å². The van der Waals surface area contributed by atoms with Gasteiger partial charge in [0.2, 0.25) is 0 Å². The molecule has 4 heteroatoms. The van der Waals surface area contributed by atoms with Crippen LogP contribution >= 0.6 is 11.8 Å². The summed E-state index contributed by atoms with van der Waals surface area (Å²) in [5.41, 5.74) is 0.352. The van der Waals surface area contributed by atoms with Crippen LogP contribution in [0, 0.1) is 5.41 Å². The molecule has 1 aromatic rings. The molecule has 0 aromatic carbocycles. The van der Waals surface area contributed by atoms with Gasteiger partial charge in [0, 0.05) is 6.04 Å². The molecule has 0 spiro atoms. The zero-order chi connectivity index (χ0) is 13.2. The van der Waals surface area contributed by atoms with Crippen LogP contribution in [0.15, 0.2) is 16.5 Å². The van der Waals surface area contributed by atoms with E-state index in [0.29, 0.717) is 17.2 Å². The van der Waals surface area contributed by atoms with Crippen molar-refractivity contribution in [2.45, 2.75) is 44.9 Å². The van der Waals surface area contributed by atoms with E-state index in [0.717, 1.165) is 24.4 Å². The summed E-state index contributed by atoms with van der Waals surface area (Å²) < 4.78 is 5.52. The van der Waals surface area contributed by atoms with Gasteiger partial charge in [0.05, 0.1) is 5.75 Å². The van der Waals surface area contributed by atoms with Gasteiger partial charge in [-0.25, -0.2) is 0 Å². The van der Waals surface area contributed by atoms with Gasteiger partial charge in [-0.1, -0.05) is 13.8 Å². The lowest BCUT2D eigenvalue weighted by molar-refractivity contribution is 0.0906. The lowest BCUT2D eigenvalue weighted by Gasteiger charge is -2.17. The first-order valence-corrected chi connectivity index (χ1v) is 7.78. The highest BCUT2D eigenvalue weighted by Gasteiger charge is 2.32. The predicted octanol–water partition coefficient (Wildman–Crippen LogP) is 3.45. The summed E-state index contributed by atoms with van der Waals surface area (Å²) in [4.78, 5) is 12.0. The van der Waals surface area contributed by atoms with Crippen LogP contribution < -0.4 is 5.32 Å². The lowest BCUT2D eigenvalue weighted by Crippen LogP contribution is -2.33. The largest absolute Gasteiger partial charge is 0.455 e. The molecular weight excluding hydrogens is 246 g/mol. The number of carbonyl (C=O) groups excluding carboxylic acids is 1. The Hall–Kier alpha value is -0.900. The quantitative estimate of drug-likeness (QED) is 0.908. The van der Waals surface area contributed by atoms with Crippen molar-refractivity contribution in [2.75, 3.05) is 6.26 Å². The molecule has 1 saturated carbocycles. The van der Waals surface area contributed by atoms with E-state index in [1.165, 1.54) is 6.42 Å². The van der Waals surface area contributed by atoms with E-state index in [4.69, 9.17) is 4.42 Å². The minimum Gasteiger partial charge on any atom is -0.455 e. The van der Waals surface area contributed by atoms with Crippen molar-refractivity contribution in [3.05, 3.63) is 23.7 Å². The predicted molar refractivity (Wildman–Crippen MR) is 74.8 cm³/mol. The van der Waals surface area contributed by atoms with E-state index in [1.807, 2.05) is 12.3 Å². The number of carbonyl (C=O) groups is 1. The van der Waals surface area contributed by atoms with Crippen molar-refractivity contribution in [3.63, 3.8) is 0 Å². The molecule has 18 heavy (non-hydrogen) atoms. The summed E-state index contributed by atoms with van der Waals surface area (Å²) in [6, 6.07) is 3.94. The average molecular weight is 267 g/mol. The number of hydrogen-bond donors (Lipinski definition) is 1. The summed E-state index contributed by atoms with van der Waals surface area (Å²) in [5, 5.41) is 3.07. The van der Waals surface area contributed by atoms with Crippen molar-refractivity contribution in [3.8, 4) is 0 Å². The molecule has 0 bridgehead atoms. The smallest absolute Gasteiger partial charge is 0.287 e. The Labute approximate surface area is 113 Å². The zero-order valence-electron chi connectivity index (χ0n) is 11.3. The standard InChI is InChI=1S/C14H21NO2S/c1-14(2)7-6-10(8-14)15-13(16)12-5-4-11(17-12)9-18-3/h4-5,10H,6-9H2,1-3H3,(H,15,16). The van der Waals surface area contributed by atoms with E-state index < -0.39 is 0 Å². The Morgan fingerprint density at radius 1 is 1.56 bits per heavy atom. The van der Waals surface area contributed by atoms with Crippen molar-refractivity contribution < 1.29 is 9.21 Å². The van der Waals surface area contributed by atoms with E-state index in [1.54, 1.807) is 17.8 Å². The molecule has 0 saturated heterocycles. The molecule has 0 aliphatic heterocycles. The highest BCUT2D eigenvalue weighted by molar-refractivity contribution is 7.97. The first-order chi connectivity index (χ1) is 8.50. The molecule has 2 rings (SSSR count). The molecule has 1 aliphatic rings. The SMILES string of the molecule is CSCc1ccc(C(=O)NC2CCC(C)(C)C2)o1. The maximum atomic E-state index is 12.0. The number of rotatable bonds is 4. The number of hydrogen-bond acceptors (Lipinski definition) is 3. The maximum absolute atomic E-state index is 12.0. The molecule has 0 radical (unpaired) electrons. The monoisotopic (exact) mass is 267 g/mol. The zero-order valence-corrected chi connectivity index (χ0v) is 12.1. The van der Waals surface area contributed by atoms with E-state index >= 15 is 0 Å². The van der Waals surface area contributed by atoms with Gasteiger partial charge < -0.3 is 9.73 Å². The van der Waals surface area contributed by atoms with Crippen LogP contribution in [0.4, 0.5) is 0 Å². The van der Waals surface area contributed by atoms with E-state index in [-0.39, 0.29) is 5.91 Å². The van der Waals surface area contributed by atoms with Gasteiger partial charge in [0.15, 0.2) is 5.76 Å². The number of nitrogens with one attached hydrogen (secondary N) is 1. The van der Waals surface area contributed by atoms with Crippen LogP contribution in [0.5, 0.6) is 0 Å². The average Bonchev–Trinajstić information content (AvgIpc) is 2.86. The second kappa shape index (κ2) is 5.39. The molecular formula is C14H21NO2S. The van der Waals surface area contributed by atoms with Crippen LogP contribution in [-0.4, -0.2) is 18.2 Å². The van der Waals surface area contributed by atoms with Gasteiger partial charge in [-0.2, -0.15) is 11.8 Å². The fourth-order valence-corrected chi connectivity index (χ4v) is 2.98. The van der Waals surface area contributed by atoms with Crippen molar-refractivity contribution in [1.29, 1.82) is 0 Å². The van der Waals surface area contributed by atoms with Crippen LogP contribution in [0.25, 0.3) is 0 Å². The van der Waals surface area contributed by atoms with Crippen molar-refractivity contribution in [2.24, 2.45) is 5.41 Å². The van der Waals surface area contributed by atoms with E-state index in [9.17, 15) is 4.79 Å². The van der Waals surface area contributed by atoms with Crippen molar-refractivity contribution >= 4 is 17.7 Å². The summed E-state index contributed by atoms with van der Waals surface area (Å²) in [5.74, 6) is 2.03. The van der Waals surface area contributed by atoms with Crippen LogP contribution in [-0.2, 0) is 5.75 Å². The third-order valence-corrected chi connectivity index (χ3v) is 4.05. The van der Waals surface area contributed by atoms with Crippen LogP contribution in [0.2, 0.25) is 0 Å². The Balaban J connectivity index is 1.91. The fraction of sp³-hybridized carbons (Fsp3) is 0.643. The summed E-state index contributed by atoms with van der Waals surface area (Å²) in [7, 11) is 0. The van der Waals surface area contributed by atoms with Gasteiger partial charge in [-0.05, 0) is 43.1 Å². The van der Waals surface area contributed by atoms with Crippen LogP contribution in [0.1, 0.15) is 49.4 Å². The molecule has 1 atom stereocenters. The number of amides is 1. The first kappa shape index (κ1) is 13.5. The van der Waals surface area contributed by atoms with Gasteiger partial charge >= 0.3 is 0 Å². The second-order valence-corrected chi connectivity index (χ2v) is 6.64. The molecule has 1 heterocycles. The summed E-state index contributed by atoms with van der Waals surface area (Å²) in [6.45, 7) is 4.51. The second-order valence-electron chi connectivity index (χ2n) is 5.78. The normalized spacial score (nSPS) is 22.1. The molecule has 100 valence electrons. The molecule has 1 aromatic heterocycles. The fourth-order valence-electron chi connectivity index (χ4n) is 2.54. The molecule has 1 aliphatic carbocycles. The minimum absolute atomic E-state index is 0.0787. The molecule has 1 N–H and O–H groups in total.